The second-order valence-corrected chi connectivity index (χ2v) is 5.96. The smallest absolute Gasteiger partial charge is 0.311 e. The molecule has 0 radical (unpaired) electrons. The van der Waals surface area contributed by atoms with Gasteiger partial charge in [-0.05, 0) is 23.3 Å². The molecule has 0 heterocycles. The molecule has 1 rings (SSSR count). The summed E-state index contributed by atoms with van der Waals surface area (Å²) < 4.78 is 18.7. The van der Waals surface area contributed by atoms with Crippen LogP contribution in [-0.4, -0.2) is 23.8 Å². The molecule has 0 aromatic carbocycles. The second-order valence-electron chi connectivity index (χ2n) is 5.96. The van der Waals surface area contributed by atoms with Gasteiger partial charge in [-0.3, -0.25) is 4.79 Å². The molecule has 1 fully saturated rings. The van der Waals surface area contributed by atoms with Gasteiger partial charge in [0.1, 0.15) is 5.83 Å². The average molecular weight is 268 g/mol. The first-order valence-electron chi connectivity index (χ1n) is 6.33. The Morgan fingerprint density at radius 1 is 1.47 bits per heavy atom. The van der Waals surface area contributed by atoms with Crippen molar-refractivity contribution in [2.45, 2.75) is 40.2 Å². The first kappa shape index (κ1) is 15.7. The Hall–Kier alpha value is -1.34. The predicted octanol–water partition coefficient (Wildman–Crippen LogP) is 2.45. The summed E-state index contributed by atoms with van der Waals surface area (Å²) in [5.41, 5.74) is -0.344. The lowest BCUT2D eigenvalue weighted by molar-refractivity contribution is -0.148. The van der Waals surface area contributed by atoms with Gasteiger partial charge in [0, 0.05) is 6.61 Å². The molecule has 0 aliphatic heterocycles. The summed E-state index contributed by atoms with van der Waals surface area (Å²) >= 11 is 0. The zero-order valence-corrected chi connectivity index (χ0v) is 11.9. The molecule has 1 unspecified atom stereocenters. The Morgan fingerprint density at radius 2 is 2.00 bits per heavy atom. The Morgan fingerprint density at radius 3 is 2.37 bits per heavy atom. The van der Waals surface area contributed by atoms with Crippen molar-refractivity contribution in [2.75, 3.05) is 6.61 Å². The summed E-state index contributed by atoms with van der Waals surface area (Å²) in [7, 11) is 0. The molecule has 0 aromatic heterocycles. The Kier molecular flexibility index (Phi) is 4.42. The molecule has 1 atom stereocenters. The van der Waals surface area contributed by atoms with Crippen LogP contribution < -0.4 is 0 Å². The monoisotopic (exact) mass is 268 g/mol. The molecule has 3 nitrogen and oxygen atoms in total. The quantitative estimate of drug-likeness (QED) is 0.615. The molecule has 4 heteroatoms. The van der Waals surface area contributed by atoms with Gasteiger partial charge in [0.05, 0.1) is 5.92 Å². The third-order valence-electron chi connectivity index (χ3n) is 4.36. The highest BCUT2D eigenvalue weighted by Crippen LogP contribution is 2.68. The number of aliphatic hydroxyl groups excluding tert-OH is 1. The maximum Gasteiger partial charge on any atom is 0.311 e. The van der Waals surface area contributed by atoms with Crippen LogP contribution in [0.1, 0.15) is 34.1 Å². The Bertz CT molecular complexity index is 415. The third kappa shape index (κ3) is 2.82. The molecule has 0 saturated heterocycles. The lowest BCUT2D eigenvalue weighted by atomic mass is 10.0. The summed E-state index contributed by atoms with van der Waals surface area (Å²) in [4.78, 5) is 12.0. The topological polar surface area (TPSA) is 46.5 Å². The van der Waals surface area contributed by atoms with E-state index in [0.717, 1.165) is 6.08 Å². The first-order chi connectivity index (χ1) is 8.70. The third-order valence-corrected chi connectivity index (χ3v) is 4.36. The van der Waals surface area contributed by atoms with Crippen molar-refractivity contribution >= 4 is 5.97 Å². The van der Waals surface area contributed by atoms with Crippen molar-refractivity contribution in [1.82, 2.24) is 0 Å². The fraction of sp³-hybridized carbons (Fsp3) is 0.667. The van der Waals surface area contributed by atoms with Gasteiger partial charge >= 0.3 is 5.97 Å². The second kappa shape index (κ2) is 5.34. The summed E-state index contributed by atoms with van der Waals surface area (Å²) in [6.07, 6.45) is 5.16. The molecule has 0 spiro atoms. The molecule has 19 heavy (non-hydrogen) atoms. The minimum Gasteiger partial charge on any atom is -0.441 e. The van der Waals surface area contributed by atoms with Crippen LogP contribution in [0.15, 0.2) is 11.9 Å². The van der Waals surface area contributed by atoms with Crippen LogP contribution in [-0.2, 0) is 9.53 Å². The van der Waals surface area contributed by atoms with Crippen molar-refractivity contribution in [3.63, 3.8) is 0 Å². The molecule has 0 bridgehead atoms. The van der Waals surface area contributed by atoms with Crippen molar-refractivity contribution in [1.29, 1.82) is 0 Å². The average Bonchev–Trinajstić information content (AvgIpc) is 2.73. The van der Waals surface area contributed by atoms with E-state index in [1.54, 1.807) is 0 Å². The van der Waals surface area contributed by atoms with Crippen molar-refractivity contribution in [3.05, 3.63) is 11.9 Å². The largest absolute Gasteiger partial charge is 0.441 e. The number of carbonyl (C=O) groups is 1. The number of terminal acetylenes is 1. The molecular formula is C15H21FO3. The number of aliphatic hydroxyl groups is 1. The zero-order chi connectivity index (χ0) is 14.8. The summed E-state index contributed by atoms with van der Waals surface area (Å²) in [5.74, 6) is 0.660. The fourth-order valence-electron chi connectivity index (χ4n) is 2.45. The van der Waals surface area contributed by atoms with E-state index in [1.807, 2.05) is 27.7 Å². The van der Waals surface area contributed by atoms with E-state index in [4.69, 9.17) is 16.3 Å². The van der Waals surface area contributed by atoms with Gasteiger partial charge in [-0.1, -0.05) is 33.6 Å². The van der Waals surface area contributed by atoms with Gasteiger partial charge < -0.3 is 9.84 Å². The number of esters is 1. The van der Waals surface area contributed by atoms with Crippen molar-refractivity contribution < 1.29 is 19.0 Å². The number of carbonyl (C=O) groups excluding carboxylic acids is 1. The highest BCUT2D eigenvalue weighted by atomic mass is 19.1. The van der Waals surface area contributed by atoms with E-state index < -0.39 is 17.9 Å². The van der Waals surface area contributed by atoms with Crippen molar-refractivity contribution in [2.24, 2.45) is 16.7 Å². The van der Waals surface area contributed by atoms with Crippen LogP contribution in [0, 0.1) is 29.1 Å². The predicted molar refractivity (Wildman–Crippen MR) is 70.7 cm³/mol. The van der Waals surface area contributed by atoms with Crippen LogP contribution in [0.2, 0.25) is 0 Å². The summed E-state index contributed by atoms with van der Waals surface area (Å²) in [6, 6.07) is 0. The van der Waals surface area contributed by atoms with E-state index >= 15 is 0 Å². The molecule has 1 N–H and O–H groups in total. The summed E-state index contributed by atoms with van der Waals surface area (Å²) in [6.45, 7) is 7.72. The molecule has 0 amide bonds. The number of ether oxygens (including phenoxy) is 1. The van der Waals surface area contributed by atoms with Crippen LogP contribution in [0.5, 0.6) is 0 Å². The van der Waals surface area contributed by atoms with E-state index in [-0.39, 0.29) is 29.8 Å². The van der Waals surface area contributed by atoms with E-state index in [2.05, 4.69) is 5.92 Å². The van der Waals surface area contributed by atoms with E-state index in [1.165, 1.54) is 0 Å². The highest BCUT2D eigenvalue weighted by molar-refractivity contribution is 5.79. The minimum absolute atomic E-state index is 0.141. The molecule has 1 aliphatic rings. The van der Waals surface area contributed by atoms with Crippen LogP contribution in [0.3, 0.4) is 0 Å². The fourth-order valence-corrected chi connectivity index (χ4v) is 2.45. The zero-order valence-electron chi connectivity index (χ0n) is 11.9. The maximum atomic E-state index is 13.6. The minimum atomic E-state index is -1.30. The van der Waals surface area contributed by atoms with Crippen LogP contribution in [0.4, 0.5) is 4.39 Å². The van der Waals surface area contributed by atoms with E-state index in [9.17, 15) is 9.18 Å². The summed E-state index contributed by atoms with van der Waals surface area (Å²) in [5, 5.41) is 8.62. The van der Waals surface area contributed by atoms with Gasteiger partial charge in [0.2, 0.25) is 6.10 Å². The lowest BCUT2D eigenvalue weighted by Crippen LogP contribution is -2.20. The molecular weight excluding hydrogens is 247 g/mol. The molecule has 106 valence electrons. The molecule has 0 aromatic rings. The van der Waals surface area contributed by atoms with Gasteiger partial charge in [-0.15, -0.1) is 6.42 Å². The standard InChI is InChI=1S/C15H21FO3/c1-6-11(10(16)8-7-9-17)19-13(18)12-14(2,3)15(12,4)5/h1,8,11-12,17H,7,9H2,2-5H3. The lowest BCUT2D eigenvalue weighted by Gasteiger charge is -2.11. The first-order valence-corrected chi connectivity index (χ1v) is 6.33. The van der Waals surface area contributed by atoms with Crippen molar-refractivity contribution in [3.8, 4) is 12.3 Å². The van der Waals surface area contributed by atoms with Crippen LogP contribution in [0.25, 0.3) is 0 Å². The number of hydrogen-bond acceptors (Lipinski definition) is 3. The van der Waals surface area contributed by atoms with Gasteiger partial charge in [0.15, 0.2) is 0 Å². The molecule has 1 saturated carbocycles. The molecule has 1 aliphatic carbocycles. The highest BCUT2D eigenvalue weighted by Gasteiger charge is 2.69. The number of hydrogen-bond donors (Lipinski definition) is 1. The van der Waals surface area contributed by atoms with Gasteiger partial charge in [-0.25, -0.2) is 4.39 Å². The maximum absolute atomic E-state index is 13.6. The number of rotatable bonds is 5. The Labute approximate surface area is 113 Å². The van der Waals surface area contributed by atoms with Gasteiger partial charge in [-0.2, -0.15) is 0 Å². The van der Waals surface area contributed by atoms with Crippen LogP contribution >= 0.6 is 0 Å². The Balaban J connectivity index is 2.70. The normalized spacial score (nSPS) is 22.5. The number of halogens is 1. The van der Waals surface area contributed by atoms with Gasteiger partial charge in [0.25, 0.3) is 0 Å². The SMILES string of the molecule is C#CC(OC(=O)C1C(C)(C)C1(C)C)C(F)=CCCO. The van der Waals surface area contributed by atoms with E-state index in [0.29, 0.717) is 0 Å².